The number of fused-ring (bicyclic) bond motifs is 1. The number of rotatable bonds is 9. The van der Waals surface area contributed by atoms with Crippen molar-refractivity contribution in [3.63, 3.8) is 0 Å². The van der Waals surface area contributed by atoms with Gasteiger partial charge in [-0.1, -0.05) is 48.0 Å². The summed E-state index contributed by atoms with van der Waals surface area (Å²) in [6, 6.07) is 26.3. The summed E-state index contributed by atoms with van der Waals surface area (Å²) in [5.41, 5.74) is 3.41. The Hall–Kier alpha value is -3.27. The molecular weight excluding hydrogens is 360 g/mol. The number of aryl methyl sites for hydroxylation is 2. The number of aromatic nitrogens is 2. The molecule has 0 unspecified atom stereocenters. The van der Waals surface area contributed by atoms with Crippen LogP contribution in [0.25, 0.3) is 11.0 Å². The van der Waals surface area contributed by atoms with Crippen LogP contribution in [-0.4, -0.2) is 16.2 Å². The van der Waals surface area contributed by atoms with E-state index in [-0.39, 0.29) is 0 Å². The van der Waals surface area contributed by atoms with Crippen LogP contribution in [0, 0.1) is 6.92 Å². The molecule has 0 saturated carbocycles. The quantitative estimate of drug-likeness (QED) is 0.342. The van der Waals surface area contributed by atoms with Crippen molar-refractivity contribution >= 4 is 11.0 Å². The second-order valence-electron chi connectivity index (χ2n) is 7.14. The molecule has 0 aliphatic carbocycles. The monoisotopic (exact) mass is 386 g/mol. The highest BCUT2D eigenvalue weighted by Gasteiger charge is 2.11. The lowest BCUT2D eigenvalue weighted by Crippen LogP contribution is -2.08. The van der Waals surface area contributed by atoms with E-state index in [9.17, 15) is 0 Å². The van der Waals surface area contributed by atoms with Gasteiger partial charge >= 0.3 is 0 Å². The molecule has 0 spiro atoms. The fraction of sp³-hybridized carbons (Fsp3) is 0.240. The van der Waals surface area contributed by atoms with Crippen molar-refractivity contribution in [2.45, 2.75) is 32.9 Å². The summed E-state index contributed by atoms with van der Waals surface area (Å²) in [6.07, 6.45) is 2.00. The molecule has 4 nitrogen and oxygen atoms in total. The average molecular weight is 386 g/mol. The van der Waals surface area contributed by atoms with Crippen molar-refractivity contribution in [3.05, 3.63) is 90.3 Å². The van der Waals surface area contributed by atoms with Crippen LogP contribution in [0.15, 0.2) is 78.9 Å². The summed E-state index contributed by atoms with van der Waals surface area (Å²) >= 11 is 0. The molecule has 0 N–H and O–H groups in total. The highest BCUT2D eigenvalue weighted by Crippen LogP contribution is 2.19. The highest BCUT2D eigenvalue weighted by atomic mass is 16.5. The van der Waals surface area contributed by atoms with Gasteiger partial charge in [-0.05, 0) is 56.2 Å². The summed E-state index contributed by atoms with van der Waals surface area (Å²) < 4.78 is 14.1. The molecule has 29 heavy (non-hydrogen) atoms. The average Bonchev–Trinajstić information content (AvgIpc) is 3.12. The third-order valence-corrected chi connectivity index (χ3v) is 4.91. The molecule has 0 fully saturated rings. The Morgan fingerprint density at radius 3 is 2.31 bits per heavy atom. The highest BCUT2D eigenvalue weighted by molar-refractivity contribution is 5.75. The van der Waals surface area contributed by atoms with Gasteiger partial charge in [0.25, 0.3) is 0 Å². The van der Waals surface area contributed by atoms with Gasteiger partial charge in [0.15, 0.2) is 0 Å². The molecule has 4 rings (SSSR count). The first-order valence-electron chi connectivity index (χ1n) is 10.1. The number of imidazole rings is 1. The minimum absolute atomic E-state index is 0.457. The predicted molar refractivity (Wildman–Crippen MR) is 116 cm³/mol. The van der Waals surface area contributed by atoms with E-state index >= 15 is 0 Å². The first-order chi connectivity index (χ1) is 14.3. The zero-order valence-electron chi connectivity index (χ0n) is 16.8. The topological polar surface area (TPSA) is 36.3 Å². The van der Waals surface area contributed by atoms with Gasteiger partial charge < -0.3 is 14.0 Å². The predicted octanol–water partition coefficient (Wildman–Crippen LogP) is 5.78. The van der Waals surface area contributed by atoms with E-state index in [2.05, 4.69) is 41.8 Å². The van der Waals surface area contributed by atoms with E-state index in [4.69, 9.17) is 14.5 Å². The van der Waals surface area contributed by atoms with E-state index in [0.29, 0.717) is 13.2 Å². The second-order valence-corrected chi connectivity index (χ2v) is 7.14. The molecule has 0 atom stereocenters. The summed E-state index contributed by atoms with van der Waals surface area (Å²) in [5.74, 6) is 2.74. The molecule has 3 aromatic carbocycles. The van der Waals surface area contributed by atoms with Gasteiger partial charge in [0.05, 0.1) is 17.6 Å². The van der Waals surface area contributed by atoms with Crippen LogP contribution < -0.4 is 9.47 Å². The number of hydrogen-bond donors (Lipinski definition) is 0. The molecule has 1 aromatic heterocycles. The van der Waals surface area contributed by atoms with Crippen LogP contribution in [0.5, 0.6) is 11.5 Å². The van der Waals surface area contributed by atoms with Crippen molar-refractivity contribution in [3.8, 4) is 11.5 Å². The molecule has 0 bridgehead atoms. The SMILES string of the molecule is Cc1ccc(OCCCCn2c(COc3ccccc3)nc3ccccc32)cc1. The second kappa shape index (κ2) is 9.28. The van der Waals surface area contributed by atoms with Crippen LogP contribution >= 0.6 is 0 Å². The van der Waals surface area contributed by atoms with E-state index in [1.807, 2.05) is 48.5 Å². The standard InChI is InChI=1S/C25H26N2O2/c1-20-13-15-22(16-14-20)28-18-8-7-17-27-24-12-6-5-11-23(24)26-25(27)19-29-21-9-3-2-4-10-21/h2-6,9-16H,7-8,17-19H2,1H3. The van der Waals surface area contributed by atoms with Crippen LogP contribution in [-0.2, 0) is 13.2 Å². The summed E-state index contributed by atoms with van der Waals surface area (Å²) in [4.78, 5) is 4.79. The van der Waals surface area contributed by atoms with Crippen LogP contribution in [0.4, 0.5) is 0 Å². The van der Waals surface area contributed by atoms with Crippen molar-refractivity contribution in [1.82, 2.24) is 9.55 Å². The Morgan fingerprint density at radius 1 is 0.759 bits per heavy atom. The van der Waals surface area contributed by atoms with Gasteiger partial charge in [0, 0.05) is 6.54 Å². The van der Waals surface area contributed by atoms with E-state index in [1.54, 1.807) is 0 Å². The maximum Gasteiger partial charge on any atom is 0.147 e. The Bertz CT molecular complexity index is 1040. The molecule has 4 aromatic rings. The number of unbranched alkanes of at least 4 members (excludes halogenated alkanes) is 1. The lowest BCUT2D eigenvalue weighted by Gasteiger charge is -2.11. The van der Waals surface area contributed by atoms with E-state index < -0.39 is 0 Å². The van der Waals surface area contributed by atoms with Crippen LogP contribution in [0.1, 0.15) is 24.2 Å². The largest absolute Gasteiger partial charge is 0.494 e. The third-order valence-electron chi connectivity index (χ3n) is 4.91. The summed E-state index contributed by atoms with van der Waals surface area (Å²) in [7, 11) is 0. The number of ether oxygens (including phenoxy) is 2. The van der Waals surface area contributed by atoms with Gasteiger partial charge in [0.1, 0.15) is 23.9 Å². The number of benzene rings is 3. The zero-order valence-corrected chi connectivity index (χ0v) is 16.8. The minimum atomic E-state index is 0.457. The summed E-state index contributed by atoms with van der Waals surface area (Å²) in [5, 5.41) is 0. The Kier molecular flexibility index (Phi) is 6.10. The number of hydrogen-bond acceptors (Lipinski definition) is 3. The summed E-state index contributed by atoms with van der Waals surface area (Å²) in [6.45, 7) is 4.15. The van der Waals surface area contributed by atoms with Crippen molar-refractivity contribution in [2.24, 2.45) is 0 Å². The van der Waals surface area contributed by atoms with Gasteiger partial charge in [0.2, 0.25) is 0 Å². The molecule has 0 aliphatic rings. The van der Waals surface area contributed by atoms with Crippen molar-refractivity contribution < 1.29 is 9.47 Å². The maximum absolute atomic E-state index is 5.95. The van der Waals surface area contributed by atoms with Crippen molar-refractivity contribution in [1.29, 1.82) is 0 Å². The molecule has 148 valence electrons. The lowest BCUT2D eigenvalue weighted by atomic mass is 10.2. The van der Waals surface area contributed by atoms with Crippen LogP contribution in [0.2, 0.25) is 0 Å². The molecule has 4 heteroatoms. The Balaban J connectivity index is 1.37. The Morgan fingerprint density at radius 2 is 1.48 bits per heavy atom. The normalized spacial score (nSPS) is 10.9. The van der Waals surface area contributed by atoms with Gasteiger partial charge in [-0.15, -0.1) is 0 Å². The zero-order chi connectivity index (χ0) is 19.9. The fourth-order valence-electron chi connectivity index (χ4n) is 3.35. The minimum Gasteiger partial charge on any atom is -0.494 e. The number of para-hydroxylation sites is 3. The molecule has 1 heterocycles. The molecular formula is C25H26N2O2. The Labute approximate surface area is 171 Å². The molecule has 0 amide bonds. The molecule has 0 aliphatic heterocycles. The van der Waals surface area contributed by atoms with Gasteiger partial charge in [-0.25, -0.2) is 4.98 Å². The molecule has 0 radical (unpaired) electrons. The van der Waals surface area contributed by atoms with E-state index in [1.165, 1.54) is 5.56 Å². The van der Waals surface area contributed by atoms with E-state index in [0.717, 1.165) is 47.7 Å². The van der Waals surface area contributed by atoms with Gasteiger partial charge in [-0.2, -0.15) is 0 Å². The first-order valence-corrected chi connectivity index (χ1v) is 10.1. The smallest absolute Gasteiger partial charge is 0.147 e. The van der Waals surface area contributed by atoms with Crippen LogP contribution in [0.3, 0.4) is 0 Å². The van der Waals surface area contributed by atoms with Gasteiger partial charge in [-0.3, -0.25) is 0 Å². The fourth-order valence-corrected chi connectivity index (χ4v) is 3.35. The molecule has 0 saturated heterocycles. The van der Waals surface area contributed by atoms with Crippen molar-refractivity contribution in [2.75, 3.05) is 6.61 Å². The lowest BCUT2D eigenvalue weighted by molar-refractivity contribution is 0.285. The third kappa shape index (κ3) is 4.96. The maximum atomic E-state index is 5.95. The number of nitrogens with zero attached hydrogens (tertiary/aromatic N) is 2. The first kappa shape index (κ1) is 19.1.